The van der Waals surface area contributed by atoms with Crippen LogP contribution in [0, 0.1) is 11.8 Å². The first-order valence-corrected chi connectivity index (χ1v) is 5.10. The standard InChI is InChI=1S/C10H24N2/c1-9(4-3-6-11)8-10(2)5-7-12/h9-10H,3-8,11-12H2,1-2H3. The molecule has 0 heterocycles. The second kappa shape index (κ2) is 7.56. The van der Waals surface area contributed by atoms with E-state index in [1.165, 1.54) is 12.8 Å². The summed E-state index contributed by atoms with van der Waals surface area (Å²) in [5.41, 5.74) is 10.9. The first-order valence-electron chi connectivity index (χ1n) is 5.10. The van der Waals surface area contributed by atoms with Gasteiger partial charge in [0.2, 0.25) is 0 Å². The molecule has 0 aromatic carbocycles. The molecule has 2 heteroatoms. The number of rotatable bonds is 7. The molecular weight excluding hydrogens is 148 g/mol. The monoisotopic (exact) mass is 172 g/mol. The van der Waals surface area contributed by atoms with E-state index in [1.807, 2.05) is 0 Å². The normalized spacial score (nSPS) is 16.0. The van der Waals surface area contributed by atoms with Gasteiger partial charge in [-0.1, -0.05) is 13.8 Å². The van der Waals surface area contributed by atoms with Crippen LogP contribution >= 0.6 is 0 Å². The zero-order chi connectivity index (χ0) is 9.40. The molecule has 12 heavy (non-hydrogen) atoms. The van der Waals surface area contributed by atoms with Crippen molar-refractivity contribution in [2.75, 3.05) is 13.1 Å². The van der Waals surface area contributed by atoms with E-state index >= 15 is 0 Å². The van der Waals surface area contributed by atoms with Gasteiger partial charge in [0, 0.05) is 0 Å². The zero-order valence-corrected chi connectivity index (χ0v) is 8.55. The molecule has 4 N–H and O–H groups in total. The van der Waals surface area contributed by atoms with Crippen LogP contribution in [-0.2, 0) is 0 Å². The second-order valence-corrected chi connectivity index (χ2v) is 3.95. The molecule has 0 radical (unpaired) electrons. The maximum Gasteiger partial charge on any atom is -0.00747 e. The smallest absolute Gasteiger partial charge is 0.00747 e. The van der Waals surface area contributed by atoms with Crippen molar-refractivity contribution in [3.05, 3.63) is 0 Å². The van der Waals surface area contributed by atoms with Gasteiger partial charge < -0.3 is 11.5 Å². The van der Waals surface area contributed by atoms with E-state index in [1.54, 1.807) is 0 Å². The summed E-state index contributed by atoms with van der Waals surface area (Å²) in [6, 6.07) is 0. The van der Waals surface area contributed by atoms with Crippen LogP contribution in [0.3, 0.4) is 0 Å². The van der Waals surface area contributed by atoms with Gasteiger partial charge in [-0.05, 0) is 50.6 Å². The highest BCUT2D eigenvalue weighted by atomic mass is 14.5. The lowest BCUT2D eigenvalue weighted by Gasteiger charge is -2.15. The maximum absolute atomic E-state index is 5.49. The molecule has 2 atom stereocenters. The Kier molecular flexibility index (Phi) is 7.51. The van der Waals surface area contributed by atoms with Crippen LogP contribution in [0.1, 0.15) is 39.5 Å². The lowest BCUT2D eigenvalue weighted by atomic mass is 9.92. The van der Waals surface area contributed by atoms with Gasteiger partial charge in [-0.25, -0.2) is 0 Å². The SMILES string of the molecule is CC(CCN)CC(C)CCCN. The Balaban J connectivity index is 3.33. The van der Waals surface area contributed by atoms with Crippen molar-refractivity contribution >= 4 is 0 Å². The van der Waals surface area contributed by atoms with Gasteiger partial charge in [0.15, 0.2) is 0 Å². The molecule has 0 amide bonds. The Labute approximate surface area is 76.7 Å². The summed E-state index contributed by atoms with van der Waals surface area (Å²) >= 11 is 0. The van der Waals surface area contributed by atoms with Crippen LogP contribution in [0.15, 0.2) is 0 Å². The van der Waals surface area contributed by atoms with E-state index in [0.717, 1.165) is 37.8 Å². The van der Waals surface area contributed by atoms with Gasteiger partial charge in [-0.2, -0.15) is 0 Å². The third-order valence-corrected chi connectivity index (χ3v) is 2.37. The molecule has 0 saturated carbocycles. The number of nitrogens with two attached hydrogens (primary N) is 2. The fourth-order valence-corrected chi connectivity index (χ4v) is 1.67. The van der Waals surface area contributed by atoms with Crippen LogP contribution in [0.2, 0.25) is 0 Å². The van der Waals surface area contributed by atoms with Crippen LogP contribution in [0.4, 0.5) is 0 Å². The molecule has 0 fully saturated rings. The summed E-state index contributed by atoms with van der Waals surface area (Å²) < 4.78 is 0. The van der Waals surface area contributed by atoms with Gasteiger partial charge in [-0.15, -0.1) is 0 Å². The second-order valence-electron chi connectivity index (χ2n) is 3.95. The summed E-state index contributed by atoms with van der Waals surface area (Å²) in [6.45, 7) is 6.24. The van der Waals surface area contributed by atoms with Gasteiger partial charge in [0.05, 0.1) is 0 Å². The van der Waals surface area contributed by atoms with E-state index < -0.39 is 0 Å². The van der Waals surface area contributed by atoms with Crippen molar-refractivity contribution in [1.82, 2.24) is 0 Å². The fourth-order valence-electron chi connectivity index (χ4n) is 1.67. The number of hydrogen-bond acceptors (Lipinski definition) is 2. The van der Waals surface area contributed by atoms with E-state index in [4.69, 9.17) is 11.5 Å². The Morgan fingerprint density at radius 2 is 1.50 bits per heavy atom. The summed E-state index contributed by atoms with van der Waals surface area (Å²) in [7, 11) is 0. The van der Waals surface area contributed by atoms with Crippen molar-refractivity contribution in [2.45, 2.75) is 39.5 Å². The predicted molar refractivity (Wildman–Crippen MR) is 54.9 cm³/mol. The molecule has 0 bridgehead atoms. The largest absolute Gasteiger partial charge is 0.330 e. The Morgan fingerprint density at radius 3 is 2.00 bits per heavy atom. The third kappa shape index (κ3) is 6.62. The Bertz CT molecular complexity index is 93.8. The van der Waals surface area contributed by atoms with E-state index in [2.05, 4.69) is 13.8 Å². The van der Waals surface area contributed by atoms with Gasteiger partial charge in [-0.3, -0.25) is 0 Å². The van der Waals surface area contributed by atoms with Crippen molar-refractivity contribution in [2.24, 2.45) is 23.3 Å². The quantitative estimate of drug-likeness (QED) is 0.614. The molecule has 0 aliphatic rings. The van der Waals surface area contributed by atoms with E-state index in [-0.39, 0.29) is 0 Å². The average molecular weight is 172 g/mol. The van der Waals surface area contributed by atoms with E-state index in [0.29, 0.717) is 0 Å². The average Bonchev–Trinajstić information content (AvgIpc) is 2.01. The minimum absolute atomic E-state index is 0.780. The first kappa shape index (κ1) is 11.9. The zero-order valence-electron chi connectivity index (χ0n) is 8.55. The minimum atomic E-state index is 0.780. The lowest BCUT2D eigenvalue weighted by Crippen LogP contribution is -2.10. The summed E-state index contributed by atoms with van der Waals surface area (Å²) in [4.78, 5) is 0. The summed E-state index contributed by atoms with van der Waals surface area (Å²) in [6.07, 6.45) is 4.89. The van der Waals surface area contributed by atoms with Crippen molar-refractivity contribution in [3.8, 4) is 0 Å². The van der Waals surface area contributed by atoms with Crippen LogP contribution < -0.4 is 11.5 Å². The van der Waals surface area contributed by atoms with E-state index in [9.17, 15) is 0 Å². The van der Waals surface area contributed by atoms with Crippen molar-refractivity contribution < 1.29 is 0 Å². The summed E-state index contributed by atoms with van der Waals surface area (Å²) in [5.74, 6) is 1.60. The molecule has 0 aromatic rings. The highest BCUT2D eigenvalue weighted by Crippen LogP contribution is 2.18. The molecule has 0 rings (SSSR count). The van der Waals surface area contributed by atoms with Crippen LogP contribution in [0.5, 0.6) is 0 Å². The molecule has 0 aliphatic heterocycles. The molecule has 0 aromatic heterocycles. The number of hydrogen-bond donors (Lipinski definition) is 2. The molecule has 0 spiro atoms. The van der Waals surface area contributed by atoms with Gasteiger partial charge >= 0.3 is 0 Å². The Morgan fingerprint density at radius 1 is 0.917 bits per heavy atom. The molecule has 2 nitrogen and oxygen atoms in total. The van der Waals surface area contributed by atoms with Crippen LogP contribution in [0.25, 0.3) is 0 Å². The molecular formula is C10H24N2. The van der Waals surface area contributed by atoms with Gasteiger partial charge in [0.25, 0.3) is 0 Å². The Hall–Kier alpha value is -0.0800. The molecule has 0 aliphatic carbocycles. The lowest BCUT2D eigenvalue weighted by molar-refractivity contribution is 0.376. The van der Waals surface area contributed by atoms with Crippen molar-refractivity contribution in [1.29, 1.82) is 0 Å². The topological polar surface area (TPSA) is 52.0 Å². The maximum atomic E-state index is 5.49. The predicted octanol–water partition coefficient (Wildman–Crippen LogP) is 1.74. The first-order chi connectivity index (χ1) is 5.70. The van der Waals surface area contributed by atoms with Crippen molar-refractivity contribution in [3.63, 3.8) is 0 Å². The minimum Gasteiger partial charge on any atom is -0.330 e. The third-order valence-electron chi connectivity index (χ3n) is 2.37. The highest BCUT2D eigenvalue weighted by Gasteiger charge is 2.07. The molecule has 0 saturated heterocycles. The fraction of sp³-hybridized carbons (Fsp3) is 1.00. The molecule has 74 valence electrons. The molecule has 2 unspecified atom stereocenters. The summed E-state index contributed by atoms with van der Waals surface area (Å²) in [5, 5.41) is 0. The van der Waals surface area contributed by atoms with Gasteiger partial charge in [0.1, 0.15) is 0 Å². The van der Waals surface area contributed by atoms with Crippen LogP contribution in [-0.4, -0.2) is 13.1 Å². The highest BCUT2D eigenvalue weighted by molar-refractivity contribution is 4.60.